The molecule has 106 valence electrons. The van der Waals surface area contributed by atoms with Crippen molar-refractivity contribution in [3.8, 4) is 0 Å². The number of carbonyl (C=O) groups is 1. The van der Waals surface area contributed by atoms with Crippen LogP contribution in [0.3, 0.4) is 0 Å². The summed E-state index contributed by atoms with van der Waals surface area (Å²) in [6, 6.07) is 6.44. The fourth-order valence-corrected chi connectivity index (χ4v) is 2.89. The molecule has 0 amide bonds. The number of carboxylic acids is 1. The predicted molar refractivity (Wildman–Crippen MR) is 69.3 cm³/mol. The number of aliphatic hydroxyl groups is 1. The lowest BCUT2D eigenvalue weighted by atomic mass is 10.1. The van der Waals surface area contributed by atoms with E-state index in [2.05, 4.69) is 4.72 Å². The van der Waals surface area contributed by atoms with Gasteiger partial charge in [0, 0.05) is 0 Å². The lowest BCUT2D eigenvalue weighted by Crippen LogP contribution is -2.46. The van der Waals surface area contributed by atoms with Crippen LogP contribution in [0.4, 0.5) is 0 Å². The molecule has 6 nitrogen and oxygen atoms in total. The van der Waals surface area contributed by atoms with Crippen LogP contribution in [0.5, 0.6) is 0 Å². The van der Waals surface area contributed by atoms with E-state index in [1.165, 1.54) is 6.07 Å². The van der Waals surface area contributed by atoms with E-state index in [0.29, 0.717) is 12.0 Å². The zero-order valence-corrected chi connectivity index (χ0v) is 11.6. The van der Waals surface area contributed by atoms with Gasteiger partial charge in [-0.15, -0.1) is 0 Å². The molecule has 0 bridgehead atoms. The van der Waals surface area contributed by atoms with Gasteiger partial charge in [-0.25, -0.2) is 17.9 Å². The lowest BCUT2D eigenvalue weighted by molar-refractivity contribution is -0.155. The van der Waals surface area contributed by atoms with Crippen LogP contribution < -0.4 is 4.72 Å². The first-order valence-electron chi connectivity index (χ1n) is 5.74. The summed E-state index contributed by atoms with van der Waals surface area (Å²) in [6.45, 7) is 2.26. The minimum absolute atomic E-state index is 0.0960. The number of rotatable bonds is 6. The molecule has 0 fully saturated rings. The smallest absolute Gasteiger partial charge is 0.336 e. The number of benzene rings is 1. The van der Waals surface area contributed by atoms with Gasteiger partial charge < -0.3 is 10.2 Å². The lowest BCUT2D eigenvalue weighted by Gasteiger charge is -2.19. The van der Waals surface area contributed by atoms with Crippen molar-refractivity contribution in [1.82, 2.24) is 4.72 Å². The van der Waals surface area contributed by atoms with E-state index in [1.807, 2.05) is 6.92 Å². The van der Waals surface area contributed by atoms with Gasteiger partial charge in [-0.1, -0.05) is 25.1 Å². The van der Waals surface area contributed by atoms with Crippen LogP contribution in [0.2, 0.25) is 0 Å². The number of hydrogen-bond acceptors (Lipinski definition) is 4. The first-order valence-corrected chi connectivity index (χ1v) is 7.22. The summed E-state index contributed by atoms with van der Waals surface area (Å²) >= 11 is 0. The summed E-state index contributed by atoms with van der Waals surface area (Å²) in [6.07, 6.45) is 0.534. The number of nitrogens with one attached hydrogen (secondary N) is 1. The fourth-order valence-electron chi connectivity index (χ4n) is 1.45. The monoisotopic (exact) mass is 287 g/mol. The van der Waals surface area contributed by atoms with E-state index in [1.54, 1.807) is 18.2 Å². The fraction of sp³-hybridized carbons (Fsp3) is 0.417. The normalized spacial score (nSPS) is 14.9. The first-order chi connectivity index (χ1) is 8.70. The molecule has 19 heavy (non-hydrogen) atoms. The maximum atomic E-state index is 12.1. The second-order valence-electron chi connectivity index (χ2n) is 4.36. The van der Waals surface area contributed by atoms with E-state index in [9.17, 15) is 18.3 Å². The van der Waals surface area contributed by atoms with Gasteiger partial charge in [-0.2, -0.15) is 0 Å². The van der Waals surface area contributed by atoms with Crippen molar-refractivity contribution in [2.45, 2.75) is 30.8 Å². The summed E-state index contributed by atoms with van der Waals surface area (Å²) in [4.78, 5) is 10.8. The highest BCUT2D eigenvalue weighted by atomic mass is 32.2. The van der Waals surface area contributed by atoms with E-state index < -0.39 is 28.1 Å². The molecular formula is C12H17NO5S. The van der Waals surface area contributed by atoms with Crippen LogP contribution in [0.1, 0.15) is 19.4 Å². The third-order valence-electron chi connectivity index (χ3n) is 2.71. The molecule has 1 rings (SSSR count). The summed E-state index contributed by atoms with van der Waals surface area (Å²) in [5.41, 5.74) is -1.52. The highest BCUT2D eigenvalue weighted by molar-refractivity contribution is 7.89. The molecule has 1 aromatic carbocycles. The molecule has 1 atom stereocenters. The largest absolute Gasteiger partial charge is 0.479 e. The predicted octanol–water partition coefficient (Wildman–Crippen LogP) is 0.363. The number of sulfonamides is 1. The average Bonchev–Trinajstić information content (AvgIpc) is 2.36. The molecule has 0 saturated heterocycles. The number of aliphatic carboxylic acids is 1. The van der Waals surface area contributed by atoms with Crippen molar-refractivity contribution >= 4 is 16.0 Å². The van der Waals surface area contributed by atoms with Crippen LogP contribution in [0, 0.1) is 0 Å². The maximum Gasteiger partial charge on any atom is 0.336 e. The van der Waals surface area contributed by atoms with Crippen molar-refractivity contribution < 1.29 is 23.4 Å². The molecule has 0 aliphatic carbocycles. The highest BCUT2D eigenvalue weighted by Gasteiger charge is 2.32. The van der Waals surface area contributed by atoms with Gasteiger partial charge in [0.2, 0.25) is 10.0 Å². The van der Waals surface area contributed by atoms with Crippen LogP contribution >= 0.6 is 0 Å². The van der Waals surface area contributed by atoms with Crippen LogP contribution in [0.15, 0.2) is 29.2 Å². The Labute approximate surface area is 112 Å². The van der Waals surface area contributed by atoms with Crippen LogP contribution in [0.25, 0.3) is 0 Å². The minimum atomic E-state index is -3.84. The van der Waals surface area contributed by atoms with Crippen LogP contribution in [-0.4, -0.2) is 36.7 Å². The van der Waals surface area contributed by atoms with Gasteiger partial charge in [0.25, 0.3) is 0 Å². The van der Waals surface area contributed by atoms with Gasteiger partial charge in [0.15, 0.2) is 5.60 Å². The molecule has 0 aromatic heterocycles. The Morgan fingerprint density at radius 1 is 1.37 bits per heavy atom. The van der Waals surface area contributed by atoms with Crippen molar-refractivity contribution in [3.05, 3.63) is 29.8 Å². The highest BCUT2D eigenvalue weighted by Crippen LogP contribution is 2.16. The van der Waals surface area contributed by atoms with Gasteiger partial charge in [0.1, 0.15) is 0 Å². The summed E-state index contributed by atoms with van der Waals surface area (Å²) in [5, 5.41) is 18.2. The van der Waals surface area contributed by atoms with E-state index in [-0.39, 0.29) is 4.90 Å². The third kappa shape index (κ3) is 3.76. The standard InChI is InChI=1S/C12H17NO5S/c1-3-9-6-4-5-7-10(9)19(17,18)13-8-12(2,16)11(14)15/h4-7,13,16H,3,8H2,1-2H3,(H,14,15). The van der Waals surface area contributed by atoms with E-state index >= 15 is 0 Å². The van der Waals surface area contributed by atoms with Gasteiger partial charge in [0.05, 0.1) is 11.4 Å². The molecule has 1 unspecified atom stereocenters. The van der Waals surface area contributed by atoms with Crippen molar-refractivity contribution in [3.63, 3.8) is 0 Å². The van der Waals surface area contributed by atoms with Gasteiger partial charge in [-0.3, -0.25) is 0 Å². The zero-order chi connectivity index (χ0) is 14.7. The van der Waals surface area contributed by atoms with Crippen LogP contribution in [-0.2, 0) is 21.2 Å². The number of carboxylic acid groups (broad SMARTS) is 1. The Hall–Kier alpha value is -1.44. The van der Waals surface area contributed by atoms with E-state index in [4.69, 9.17) is 5.11 Å². The SMILES string of the molecule is CCc1ccccc1S(=O)(=O)NCC(C)(O)C(=O)O. The molecule has 0 saturated carbocycles. The molecule has 7 heteroatoms. The molecular weight excluding hydrogens is 270 g/mol. The molecule has 0 aliphatic heterocycles. The molecule has 1 aromatic rings. The summed E-state index contributed by atoms with van der Waals surface area (Å²) in [5.74, 6) is -1.49. The summed E-state index contributed by atoms with van der Waals surface area (Å²) < 4.78 is 26.2. The Balaban J connectivity index is 2.97. The molecule has 0 heterocycles. The van der Waals surface area contributed by atoms with Crippen molar-refractivity contribution in [2.24, 2.45) is 0 Å². The Morgan fingerprint density at radius 2 is 1.95 bits per heavy atom. The summed E-state index contributed by atoms with van der Waals surface area (Å²) in [7, 11) is -3.84. The second kappa shape index (κ2) is 5.68. The zero-order valence-electron chi connectivity index (χ0n) is 10.8. The minimum Gasteiger partial charge on any atom is -0.479 e. The Morgan fingerprint density at radius 3 is 2.47 bits per heavy atom. The maximum absolute atomic E-state index is 12.1. The Bertz CT molecular complexity index is 565. The van der Waals surface area contributed by atoms with Crippen molar-refractivity contribution in [1.29, 1.82) is 0 Å². The van der Waals surface area contributed by atoms with Gasteiger partial charge >= 0.3 is 5.97 Å². The quantitative estimate of drug-likeness (QED) is 0.701. The molecule has 0 spiro atoms. The molecule has 3 N–H and O–H groups in total. The van der Waals surface area contributed by atoms with Crippen molar-refractivity contribution in [2.75, 3.05) is 6.54 Å². The molecule has 0 radical (unpaired) electrons. The average molecular weight is 287 g/mol. The third-order valence-corrected chi connectivity index (χ3v) is 4.21. The van der Waals surface area contributed by atoms with Gasteiger partial charge in [-0.05, 0) is 25.0 Å². The first kappa shape index (κ1) is 15.6. The Kier molecular flexibility index (Phi) is 4.67. The number of hydrogen-bond donors (Lipinski definition) is 3. The number of aryl methyl sites for hydroxylation is 1. The molecule has 0 aliphatic rings. The topological polar surface area (TPSA) is 104 Å². The second-order valence-corrected chi connectivity index (χ2v) is 6.10. The van der Waals surface area contributed by atoms with E-state index in [0.717, 1.165) is 6.92 Å².